The highest BCUT2D eigenvalue weighted by Crippen LogP contribution is 2.31. The molecule has 1 unspecified atom stereocenters. The lowest BCUT2D eigenvalue weighted by molar-refractivity contribution is 0.168. The first-order valence-electron chi connectivity index (χ1n) is 7.60. The maximum absolute atomic E-state index is 10.2. The van der Waals surface area contributed by atoms with Crippen molar-refractivity contribution >= 4 is 0 Å². The van der Waals surface area contributed by atoms with E-state index in [-0.39, 0.29) is 6.04 Å². The van der Waals surface area contributed by atoms with Gasteiger partial charge in [0.2, 0.25) is 0 Å². The molecule has 0 amide bonds. The van der Waals surface area contributed by atoms with E-state index in [1.165, 1.54) is 0 Å². The predicted molar refractivity (Wildman–Crippen MR) is 88.0 cm³/mol. The van der Waals surface area contributed by atoms with Crippen molar-refractivity contribution in [3.63, 3.8) is 0 Å². The van der Waals surface area contributed by atoms with Crippen molar-refractivity contribution in [2.75, 3.05) is 40.8 Å². The Bertz CT molecular complexity index is 433. The van der Waals surface area contributed by atoms with Crippen molar-refractivity contribution in [2.45, 2.75) is 26.8 Å². The summed E-state index contributed by atoms with van der Waals surface area (Å²) in [4.78, 5) is 4.61. The molecule has 0 heterocycles. The first kappa shape index (κ1) is 17.8. The molecule has 0 aromatic heterocycles. The molecular formula is C17H30N2O2. The number of hydrogen-bond donors (Lipinski definition) is 1. The maximum Gasteiger partial charge on any atom is 0.124 e. The third-order valence-electron chi connectivity index (χ3n) is 3.67. The topological polar surface area (TPSA) is 35.9 Å². The molecule has 0 bridgehead atoms. The number of hydrogen-bond acceptors (Lipinski definition) is 4. The molecule has 1 atom stereocenters. The second-order valence-corrected chi connectivity index (χ2v) is 6.29. The Hall–Kier alpha value is -1.26. The summed E-state index contributed by atoms with van der Waals surface area (Å²) < 4.78 is 5.15. The zero-order valence-corrected chi connectivity index (χ0v) is 14.3. The van der Waals surface area contributed by atoms with Crippen LogP contribution in [0.25, 0.3) is 0 Å². The Balaban J connectivity index is 2.90. The van der Waals surface area contributed by atoms with E-state index < -0.39 is 0 Å². The molecule has 1 aromatic rings. The minimum Gasteiger partial charge on any atom is -0.507 e. The van der Waals surface area contributed by atoms with E-state index in [1.807, 2.05) is 12.1 Å². The number of methoxy groups -OCH3 is 1. The Morgan fingerprint density at radius 3 is 2.29 bits per heavy atom. The summed E-state index contributed by atoms with van der Waals surface area (Å²) >= 11 is 0. The number of rotatable bonds is 8. The van der Waals surface area contributed by atoms with Crippen LogP contribution in [-0.4, -0.2) is 55.7 Å². The lowest BCUT2D eigenvalue weighted by Gasteiger charge is -2.32. The molecule has 4 heteroatoms. The van der Waals surface area contributed by atoms with E-state index in [2.05, 4.69) is 44.7 Å². The standard InChI is InChI=1S/C17H30N2O2/c1-13(2)12-19(10-9-18(4)5)14(3)16-8-7-15(21-6)11-17(16)20/h7-8,11,13-14,20H,9-10,12H2,1-6H3. The highest BCUT2D eigenvalue weighted by Gasteiger charge is 2.20. The van der Waals surface area contributed by atoms with Crippen LogP contribution in [0.15, 0.2) is 18.2 Å². The zero-order chi connectivity index (χ0) is 16.0. The third kappa shape index (κ3) is 5.56. The van der Waals surface area contributed by atoms with Crippen LogP contribution in [0.4, 0.5) is 0 Å². The van der Waals surface area contributed by atoms with Crippen molar-refractivity contribution in [1.82, 2.24) is 9.80 Å². The van der Waals surface area contributed by atoms with Gasteiger partial charge in [0.25, 0.3) is 0 Å². The minimum absolute atomic E-state index is 0.179. The van der Waals surface area contributed by atoms with Gasteiger partial charge in [-0.05, 0) is 33.0 Å². The molecule has 0 radical (unpaired) electrons. The Morgan fingerprint density at radius 2 is 1.81 bits per heavy atom. The van der Waals surface area contributed by atoms with E-state index in [0.29, 0.717) is 17.4 Å². The predicted octanol–water partition coefficient (Wildman–Crippen LogP) is 2.98. The summed E-state index contributed by atoms with van der Waals surface area (Å²) in [6.45, 7) is 9.61. The van der Waals surface area contributed by atoms with Crippen LogP contribution in [0, 0.1) is 5.92 Å². The van der Waals surface area contributed by atoms with Crippen LogP contribution >= 0.6 is 0 Å². The molecular weight excluding hydrogens is 264 g/mol. The van der Waals surface area contributed by atoms with Gasteiger partial charge in [-0.15, -0.1) is 0 Å². The van der Waals surface area contributed by atoms with Crippen LogP contribution < -0.4 is 4.74 Å². The molecule has 0 spiro atoms. The summed E-state index contributed by atoms with van der Waals surface area (Å²) in [5.74, 6) is 1.59. The van der Waals surface area contributed by atoms with Gasteiger partial charge >= 0.3 is 0 Å². The quantitative estimate of drug-likeness (QED) is 0.799. The normalized spacial score (nSPS) is 13.2. The van der Waals surface area contributed by atoms with Gasteiger partial charge in [-0.2, -0.15) is 0 Å². The molecule has 1 aromatic carbocycles. The number of ether oxygens (including phenoxy) is 1. The maximum atomic E-state index is 10.2. The van der Waals surface area contributed by atoms with E-state index in [9.17, 15) is 5.11 Å². The second kappa shape index (κ2) is 8.25. The molecule has 120 valence electrons. The van der Waals surface area contributed by atoms with Crippen molar-refractivity contribution in [2.24, 2.45) is 5.92 Å². The molecule has 0 fully saturated rings. The van der Waals surface area contributed by atoms with Crippen molar-refractivity contribution in [3.05, 3.63) is 23.8 Å². The number of aromatic hydroxyl groups is 1. The fourth-order valence-electron chi connectivity index (χ4n) is 2.44. The van der Waals surface area contributed by atoms with E-state index in [0.717, 1.165) is 25.2 Å². The largest absolute Gasteiger partial charge is 0.507 e. The fourth-order valence-corrected chi connectivity index (χ4v) is 2.44. The summed E-state index contributed by atoms with van der Waals surface area (Å²) in [6, 6.07) is 5.73. The fraction of sp³-hybridized carbons (Fsp3) is 0.647. The number of phenols is 1. The molecule has 0 saturated carbocycles. The van der Waals surface area contributed by atoms with Crippen molar-refractivity contribution in [1.29, 1.82) is 0 Å². The van der Waals surface area contributed by atoms with Crippen LogP contribution in [0.1, 0.15) is 32.4 Å². The van der Waals surface area contributed by atoms with Gasteiger partial charge in [-0.3, -0.25) is 4.90 Å². The third-order valence-corrected chi connectivity index (χ3v) is 3.67. The van der Waals surface area contributed by atoms with E-state index in [4.69, 9.17) is 4.74 Å². The molecule has 21 heavy (non-hydrogen) atoms. The highest BCUT2D eigenvalue weighted by molar-refractivity contribution is 5.41. The van der Waals surface area contributed by atoms with Crippen LogP contribution in [0.3, 0.4) is 0 Å². The van der Waals surface area contributed by atoms with Gasteiger partial charge in [-0.1, -0.05) is 19.9 Å². The van der Waals surface area contributed by atoms with Gasteiger partial charge in [0.1, 0.15) is 11.5 Å². The molecule has 1 N–H and O–H groups in total. The average molecular weight is 294 g/mol. The van der Waals surface area contributed by atoms with E-state index >= 15 is 0 Å². The van der Waals surface area contributed by atoms with Crippen LogP contribution in [-0.2, 0) is 0 Å². The Kier molecular flexibility index (Phi) is 6.99. The molecule has 0 aliphatic carbocycles. The molecule has 0 saturated heterocycles. The highest BCUT2D eigenvalue weighted by atomic mass is 16.5. The number of likely N-dealkylation sites (N-methyl/N-ethyl adjacent to an activating group) is 1. The summed E-state index contributed by atoms with van der Waals surface area (Å²) in [5, 5.41) is 10.2. The SMILES string of the molecule is COc1ccc(C(C)N(CCN(C)C)CC(C)C)c(O)c1. The van der Waals surface area contributed by atoms with Crippen LogP contribution in [0.2, 0.25) is 0 Å². The van der Waals surface area contributed by atoms with Gasteiger partial charge < -0.3 is 14.7 Å². The number of benzene rings is 1. The first-order valence-corrected chi connectivity index (χ1v) is 7.60. The van der Waals surface area contributed by atoms with Gasteiger partial charge in [0.15, 0.2) is 0 Å². The average Bonchev–Trinajstić information content (AvgIpc) is 2.42. The van der Waals surface area contributed by atoms with Crippen molar-refractivity contribution in [3.8, 4) is 11.5 Å². The van der Waals surface area contributed by atoms with Gasteiger partial charge in [0, 0.05) is 37.3 Å². The zero-order valence-electron chi connectivity index (χ0n) is 14.3. The van der Waals surface area contributed by atoms with Crippen LogP contribution in [0.5, 0.6) is 11.5 Å². The molecule has 0 aliphatic rings. The lowest BCUT2D eigenvalue weighted by atomic mass is 10.0. The smallest absolute Gasteiger partial charge is 0.124 e. The van der Waals surface area contributed by atoms with E-state index in [1.54, 1.807) is 13.2 Å². The second-order valence-electron chi connectivity index (χ2n) is 6.29. The van der Waals surface area contributed by atoms with Gasteiger partial charge in [0.05, 0.1) is 7.11 Å². The minimum atomic E-state index is 0.179. The Morgan fingerprint density at radius 1 is 1.14 bits per heavy atom. The van der Waals surface area contributed by atoms with Gasteiger partial charge in [-0.25, -0.2) is 0 Å². The summed E-state index contributed by atoms with van der Waals surface area (Å²) in [6.07, 6.45) is 0. The summed E-state index contributed by atoms with van der Waals surface area (Å²) in [7, 11) is 5.78. The van der Waals surface area contributed by atoms with Crippen molar-refractivity contribution < 1.29 is 9.84 Å². The molecule has 1 rings (SSSR count). The summed E-state index contributed by atoms with van der Waals surface area (Å²) in [5.41, 5.74) is 0.954. The lowest BCUT2D eigenvalue weighted by Crippen LogP contribution is -2.36. The number of nitrogens with zero attached hydrogens (tertiary/aromatic N) is 2. The Labute approximate surface area is 129 Å². The molecule has 4 nitrogen and oxygen atoms in total. The first-order chi connectivity index (χ1) is 9.85. The molecule has 0 aliphatic heterocycles. The monoisotopic (exact) mass is 294 g/mol. The number of phenolic OH excluding ortho intramolecular Hbond substituents is 1.